The van der Waals surface area contributed by atoms with Crippen molar-refractivity contribution >= 4 is 34.1 Å². The van der Waals surface area contributed by atoms with Gasteiger partial charge in [0.2, 0.25) is 0 Å². The molecule has 0 saturated heterocycles. The molecular weight excluding hydrogens is 452 g/mol. The Morgan fingerprint density at radius 2 is 1.82 bits per heavy atom. The van der Waals surface area contributed by atoms with E-state index in [1.54, 1.807) is 19.1 Å². The first-order chi connectivity index (χ1) is 16.4. The first kappa shape index (κ1) is 22.0. The molecule has 0 bridgehead atoms. The standard InChI is InChI=1S/C26H23ClN4O3/c1-14-7-9-17(25(27)29-14)16-5-4-6-18-23(28)22-19(30-24(16)18)13-31(26(22)32)12-15-8-10-20(33-2)21(11-15)34-3/h4-11H,12-13H2,1-3H3,(H2,28,30). The van der Waals surface area contributed by atoms with Crippen LogP contribution in [0.15, 0.2) is 48.5 Å². The van der Waals surface area contributed by atoms with Gasteiger partial charge in [-0.05, 0) is 36.8 Å². The van der Waals surface area contributed by atoms with Gasteiger partial charge < -0.3 is 20.1 Å². The van der Waals surface area contributed by atoms with Gasteiger partial charge in [0.25, 0.3) is 5.91 Å². The van der Waals surface area contributed by atoms with Crippen LogP contribution in [0.25, 0.3) is 22.0 Å². The second-order valence-electron chi connectivity index (χ2n) is 8.19. The number of aromatic nitrogens is 2. The number of pyridine rings is 2. The number of halogens is 1. The third kappa shape index (κ3) is 3.58. The van der Waals surface area contributed by atoms with Crippen molar-refractivity contribution in [3.63, 3.8) is 0 Å². The fraction of sp³-hybridized carbons (Fsp3) is 0.192. The number of fused-ring (bicyclic) bond motifs is 2. The average molecular weight is 475 g/mol. The Labute approximate surface area is 202 Å². The van der Waals surface area contributed by atoms with Crippen LogP contribution in [0.1, 0.15) is 27.3 Å². The maximum Gasteiger partial charge on any atom is 0.258 e. The number of nitrogen functional groups attached to an aromatic ring is 1. The number of nitrogens with zero attached hydrogens (tertiary/aromatic N) is 3. The fourth-order valence-corrected chi connectivity index (χ4v) is 4.69. The molecule has 2 aromatic carbocycles. The van der Waals surface area contributed by atoms with Gasteiger partial charge in [-0.15, -0.1) is 0 Å². The van der Waals surface area contributed by atoms with Crippen LogP contribution in [-0.2, 0) is 13.1 Å². The number of amides is 1. The fourth-order valence-electron chi connectivity index (χ4n) is 4.40. The highest BCUT2D eigenvalue weighted by molar-refractivity contribution is 6.32. The quantitative estimate of drug-likeness (QED) is 0.409. The minimum absolute atomic E-state index is 0.142. The summed E-state index contributed by atoms with van der Waals surface area (Å²) in [5, 5.41) is 1.12. The Balaban J connectivity index is 1.55. The van der Waals surface area contributed by atoms with Crippen molar-refractivity contribution in [2.45, 2.75) is 20.0 Å². The predicted molar refractivity (Wildman–Crippen MR) is 132 cm³/mol. The van der Waals surface area contributed by atoms with Crippen LogP contribution in [0.3, 0.4) is 0 Å². The number of ether oxygens (including phenoxy) is 2. The van der Waals surface area contributed by atoms with Gasteiger partial charge in [0.15, 0.2) is 11.5 Å². The number of aryl methyl sites for hydroxylation is 1. The summed E-state index contributed by atoms with van der Waals surface area (Å²) < 4.78 is 10.7. The molecule has 34 heavy (non-hydrogen) atoms. The first-order valence-electron chi connectivity index (χ1n) is 10.8. The lowest BCUT2D eigenvalue weighted by Crippen LogP contribution is -2.23. The number of hydrogen-bond acceptors (Lipinski definition) is 6. The molecule has 2 aromatic heterocycles. The summed E-state index contributed by atoms with van der Waals surface area (Å²) in [7, 11) is 3.17. The van der Waals surface area contributed by atoms with E-state index in [2.05, 4.69) is 4.98 Å². The maximum atomic E-state index is 13.3. The number of methoxy groups -OCH3 is 2. The lowest BCUT2D eigenvalue weighted by molar-refractivity contribution is 0.0767. The van der Waals surface area contributed by atoms with E-state index in [4.69, 9.17) is 31.8 Å². The third-order valence-corrected chi connectivity index (χ3v) is 6.36. The Bertz CT molecular complexity index is 1450. The molecule has 0 fully saturated rings. The van der Waals surface area contributed by atoms with Crippen LogP contribution in [0.4, 0.5) is 5.69 Å². The van der Waals surface area contributed by atoms with Crippen molar-refractivity contribution in [1.29, 1.82) is 0 Å². The number of para-hydroxylation sites is 1. The van der Waals surface area contributed by atoms with Crippen LogP contribution in [0.2, 0.25) is 5.15 Å². The summed E-state index contributed by atoms with van der Waals surface area (Å²) >= 11 is 6.45. The summed E-state index contributed by atoms with van der Waals surface area (Å²) in [4.78, 5) is 24.3. The molecule has 3 heterocycles. The van der Waals surface area contributed by atoms with Crippen LogP contribution < -0.4 is 15.2 Å². The normalized spacial score (nSPS) is 12.8. The predicted octanol–water partition coefficient (Wildman–Crippen LogP) is 5.01. The summed E-state index contributed by atoms with van der Waals surface area (Å²) in [6, 6.07) is 15.2. The molecular formula is C26H23ClN4O3. The Morgan fingerprint density at radius 1 is 1.03 bits per heavy atom. The number of anilines is 1. The smallest absolute Gasteiger partial charge is 0.258 e. The third-order valence-electron chi connectivity index (χ3n) is 6.07. The molecule has 2 N–H and O–H groups in total. The summed E-state index contributed by atoms with van der Waals surface area (Å²) in [5.41, 5.74) is 12.1. The van der Waals surface area contributed by atoms with Crippen molar-refractivity contribution in [3.05, 3.63) is 76.2 Å². The number of carbonyl (C=O) groups is 1. The minimum Gasteiger partial charge on any atom is -0.493 e. The van der Waals surface area contributed by atoms with Crippen molar-refractivity contribution in [2.24, 2.45) is 0 Å². The minimum atomic E-state index is -0.142. The molecule has 4 aromatic rings. The van der Waals surface area contributed by atoms with E-state index >= 15 is 0 Å². The van der Waals surface area contributed by atoms with Gasteiger partial charge in [-0.1, -0.05) is 35.9 Å². The zero-order valence-electron chi connectivity index (χ0n) is 19.1. The van der Waals surface area contributed by atoms with Gasteiger partial charge in [-0.3, -0.25) is 4.79 Å². The van der Waals surface area contributed by atoms with Crippen molar-refractivity contribution in [3.8, 4) is 22.6 Å². The van der Waals surface area contributed by atoms with Crippen LogP contribution in [0.5, 0.6) is 11.5 Å². The zero-order chi connectivity index (χ0) is 24.0. The van der Waals surface area contributed by atoms with Gasteiger partial charge in [0.1, 0.15) is 5.15 Å². The van der Waals surface area contributed by atoms with Crippen molar-refractivity contribution in [1.82, 2.24) is 14.9 Å². The van der Waals surface area contributed by atoms with Crippen LogP contribution >= 0.6 is 11.6 Å². The topological polar surface area (TPSA) is 90.6 Å². The lowest BCUT2D eigenvalue weighted by atomic mass is 10.00. The molecule has 7 nitrogen and oxygen atoms in total. The number of carbonyl (C=O) groups excluding carboxylic acids is 1. The lowest BCUT2D eigenvalue weighted by Gasteiger charge is -2.17. The first-order valence-corrected chi connectivity index (χ1v) is 11.1. The Morgan fingerprint density at radius 3 is 2.56 bits per heavy atom. The highest BCUT2D eigenvalue weighted by Gasteiger charge is 2.32. The molecule has 172 valence electrons. The van der Waals surface area contributed by atoms with Gasteiger partial charge in [0, 0.05) is 28.8 Å². The Hall–Kier alpha value is -3.84. The number of nitrogens with two attached hydrogens (primary N) is 1. The molecule has 5 rings (SSSR count). The molecule has 0 saturated carbocycles. The van der Waals surface area contributed by atoms with E-state index in [0.717, 1.165) is 22.4 Å². The highest BCUT2D eigenvalue weighted by Crippen LogP contribution is 2.38. The van der Waals surface area contributed by atoms with E-state index in [9.17, 15) is 4.79 Å². The number of rotatable bonds is 5. The van der Waals surface area contributed by atoms with Gasteiger partial charge in [-0.2, -0.15) is 0 Å². The SMILES string of the molecule is COc1ccc(CN2Cc3nc4c(-c5ccc(C)nc5Cl)cccc4c(N)c3C2=O)cc1OC. The second kappa shape index (κ2) is 8.50. The summed E-state index contributed by atoms with van der Waals surface area (Å²) in [5.74, 6) is 1.11. The highest BCUT2D eigenvalue weighted by atomic mass is 35.5. The number of benzene rings is 2. The molecule has 1 aliphatic heterocycles. The van der Waals surface area contributed by atoms with E-state index in [1.807, 2.05) is 55.5 Å². The maximum absolute atomic E-state index is 13.3. The Kier molecular flexibility index (Phi) is 5.49. The monoisotopic (exact) mass is 474 g/mol. The van der Waals surface area contributed by atoms with E-state index in [-0.39, 0.29) is 5.91 Å². The summed E-state index contributed by atoms with van der Waals surface area (Å²) in [6.07, 6.45) is 0. The van der Waals surface area contributed by atoms with E-state index < -0.39 is 0 Å². The molecule has 1 aliphatic rings. The van der Waals surface area contributed by atoms with Crippen LogP contribution in [-0.4, -0.2) is 35.0 Å². The molecule has 0 radical (unpaired) electrons. The van der Waals surface area contributed by atoms with Gasteiger partial charge >= 0.3 is 0 Å². The zero-order valence-corrected chi connectivity index (χ0v) is 19.8. The van der Waals surface area contributed by atoms with Crippen molar-refractivity contribution < 1.29 is 14.3 Å². The van der Waals surface area contributed by atoms with Gasteiger partial charge in [-0.25, -0.2) is 9.97 Å². The molecule has 0 atom stereocenters. The molecule has 0 aliphatic carbocycles. The van der Waals surface area contributed by atoms with Crippen LogP contribution in [0, 0.1) is 6.92 Å². The van der Waals surface area contributed by atoms with Gasteiger partial charge in [0.05, 0.1) is 43.2 Å². The molecule has 8 heteroatoms. The molecule has 1 amide bonds. The largest absolute Gasteiger partial charge is 0.493 e. The second-order valence-corrected chi connectivity index (χ2v) is 8.55. The average Bonchev–Trinajstić information content (AvgIpc) is 3.14. The van der Waals surface area contributed by atoms with E-state index in [1.165, 1.54) is 0 Å². The summed E-state index contributed by atoms with van der Waals surface area (Å²) in [6.45, 7) is 2.64. The van der Waals surface area contributed by atoms with E-state index in [0.29, 0.717) is 57.6 Å². The number of hydrogen-bond donors (Lipinski definition) is 1. The molecule has 0 spiro atoms. The van der Waals surface area contributed by atoms with Crippen molar-refractivity contribution in [2.75, 3.05) is 20.0 Å². The molecule has 0 unspecified atom stereocenters.